The second-order valence-electron chi connectivity index (χ2n) is 8.37. The summed E-state index contributed by atoms with van der Waals surface area (Å²) in [5.74, 6) is 0. The Balaban J connectivity index is 3.82. The zero-order valence-corrected chi connectivity index (χ0v) is 22.7. The molecule has 0 aromatic carbocycles. The van der Waals surface area contributed by atoms with Gasteiger partial charge in [0, 0.05) is 0 Å². The third kappa shape index (κ3) is 3.64. The van der Waals surface area contributed by atoms with Crippen LogP contribution in [0.5, 0.6) is 0 Å². The fourth-order valence-electron chi connectivity index (χ4n) is 4.80. The van der Waals surface area contributed by atoms with Gasteiger partial charge < -0.3 is 0 Å². The Labute approximate surface area is 165 Å². The van der Waals surface area contributed by atoms with Crippen molar-refractivity contribution in [1.82, 2.24) is 0 Å². The second-order valence-corrected chi connectivity index (χ2v) is 35.4. The van der Waals surface area contributed by atoms with E-state index in [4.69, 9.17) is 0 Å². The first-order valence-electron chi connectivity index (χ1n) is 10.6. The van der Waals surface area contributed by atoms with Gasteiger partial charge in [-0.3, -0.25) is 0 Å². The van der Waals surface area contributed by atoms with Gasteiger partial charge in [0.1, 0.15) is 0 Å². The third-order valence-corrected chi connectivity index (χ3v) is 54.1. The van der Waals surface area contributed by atoms with Crippen molar-refractivity contribution in [3.8, 4) is 0 Å². The van der Waals surface area contributed by atoms with E-state index in [0.717, 1.165) is 0 Å². The van der Waals surface area contributed by atoms with E-state index < -0.39 is 27.2 Å². The van der Waals surface area contributed by atoms with Crippen LogP contribution in [0.25, 0.3) is 0 Å². The van der Waals surface area contributed by atoms with Crippen molar-refractivity contribution in [1.29, 1.82) is 0 Å². The Bertz CT molecular complexity index is 498. The molecule has 25 heavy (non-hydrogen) atoms. The molecule has 0 amide bonds. The molecule has 0 aromatic heterocycles. The van der Waals surface area contributed by atoms with Gasteiger partial charge in [-0.25, -0.2) is 0 Å². The molecule has 0 aromatic rings. The summed E-state index contributed by atoms with van der Waals surface area (Å²) in [5, 5.41) is 0. The normalized spacial score (nSPS) is 19.1. The molecule has 0 heterocycles. The van der Waals surface area contributed by atoms with Crippen molar-refractivity contribution in [2.24, 2.45) is 5.41 Å². The van der Waals surface area contributed by atoms with Crippen molar-refractivity contribution in [3.63, 3.8) is 0 Å². The van der Waals surface area contributed by atoms with E-state index in [1.165, 1.54) is 36.3 Å². The Morgan fingerprint density at radius 2 is 0.960 bits per heavy atom. The summed E-state index contributed by atoms with van der Waals surface area (Å²) >= 11 is -0.811. The predicted molar refractivity (Wildman–Crippen MR) is 119 cm³/mol. The second kappa shape index (κ2) is 8.70. The van der Waals surface area contributed by atoms with Gasteiger partial charge in [-0.05, 0) is 0 Å². The van der Waals surface area contributed by atoms with Crippen LogP contribution in [-0.2, 0) is 14.6 Å². The molecule has 1 aliphatic carbocycles. The molecule has 0 atom stereocenters. The summed E-state index contributed by atoms with van der Waals surface area (Å²) in [4.78, 5) is 0. The van der Waals surface area contributed by atoms with Crippen LogP contribution < -0.4 is 0 Å². The minimum atomic E-state index is -1.19. The first-order valence-corrected chi connectivity index (χ1v) is 21.3. The molecule has 0 N–H and O–H groups in total. The quantitative estimate of drug-likeness (QED) is 0.299. The van der Waals surface area contributed by atoms with Gasteiger partial charge in [-0.15, -0.1) is 0 Å². The number of allylic oxidation sites excluding steroid dienone is 4. The molecule has 0 saturated carbocycles. The van der Waals surface area contributed by atoms with E-state index in [9.17, 15) is 0 Å². The van der Waals surface area contributed by atoms with Gasteiger partial charge in [0.15, 0.2) is 0 Å². The average Bonchev–Trinajstić information content (AvgIpc) is 2.77. The summed E-state index contributed by atoms with van der Waals surface area (Å²) in [6.45, 7) is 27.8. The van der Waals surface area contributed by atoms with Gasteiger partial charge in [0.25, 0.3) is 0 Å². The van der Waals surface area contributed by atoms with Crippen LogP contribution in [0.1, 0.15) is 76.2 Å². The maximum absolute atomic E-state index is 2.57. The molecule has 0 radical (unpaired) electrons. The van der Waals surface area contributed by atoms with Crippen molar-refractivity contribution in [3.05, 3.63) is 20.9 Å². The van der Waals surface area contributed by atoms with Gasteiger partial charge in [0.05, 0.1) is 0 Å². The first-order chi connectivity index (χ1) is 11.6. The molecule has 0 saturated heterocycles. The molecule has 150 valence electrons. The van der Waals surface area contributed by atoms with Crippen molar-refractivity contribution in [2.45, 2.75) is 112 Å². The Kier molecular flexibility index (Phi) is 8.20. The zero-order chi connectivity index (χ0) is 19.6. The molecule has 3 heteroatoms. The van der Waals surface area contributed by atoms with E-state index in [0.29, 0.717) is 5.41 Å². The van der Waals surface area contributed by atoms with Crippen LogP contribution >= 0.6 is 0 Å². The molecule has 0 nitrogen and oxygen atoms in total. The standard InChI is InChI=1S/C10H15.2C6H15Si.Rh/c1-7-6-10(4,5)9(3)8(7)2;2*1-4-7(5-2)6-3;/h1-5H3;2*4-6H2,1-3H3;. The van der Waals surface area contributed by atoms with E-state index in [2.05, 4.69) is 76.2 Å². The monoisotopic (exact) mass is 468 g/mol. The molecule has 0 unspecified atom stereocenters. The summed E-state index contributed by atoms with van der Waals surface area (Å²) in [6, 6.07) is 9.12. The Hall–Kier alpha value is 0.537. The molecule has 0 aliphatic heterocycles. The maximum atomic E-state index is 2.57. The third-order valence-electron chi connectivity index (χ3n) is 7.48. The summed E-state index contributed by atoms with van der Waals surface area (Å²) in [7, 11) is 0. The Morgan fingerprint density at radius 3 is 1.16 bits per heavy atom. The van der Waals surface area contributed by atoms with Crippen LogP contribution in [0, 0.1) is 5.41 Å². The average molecular weight is 469 g/mol. The molecule has 1 aliphatic rings. The van der Waals surface area contributed by atoms with Crippen LogP contribution in [0.15, 0.2) is 20.9 Å². The van der Waals surface area contributed by atoms with Gasteiger partial charge in [-0.2, -0.15) is 0 Å². The number of hydrogen-bond donors (Lipinski definition) is 0. The van der Waals surface area contributed by atoms with Crippen molar-refractivity contribution < 1.29 is 14.6 Å². The van der Waals surface area contributed by atoms with E-state index in [1.54, 1.807) is 16.7 Å². The summed E-state index contributed by atoms with van der Waals surface area (Å²) < 4.78 is 2.03. The fourth-order valence-corrected chi connectivity index (χ4v) is 63.9. The van der Waals surface area contributed by atoms with Crippen LogP contribution in [-0.4, -0.2) is 12.6 Å². The molecular weight excluding hydrogens is 423 g/mol. The topological polar surface area (TPSA) is 0 Å². The van der Waals surface area contributed by atoms with E-state index >= 15 is 0 Å². The van der Waals surface area contributed by atoms with Crippen molar-refractivity contribution >= 4 is 12.6 Å². The van der Waals surface area contributed by atoms with Gasteiger partial charge >= 0.3 is 166 Å². The first kappa shape index (κ1) is 23.6. The van der Waals surface area contributed by atoms with Gasteiger partial charge in [-0.1, -0.05) is 0 Å². The molecule has 0 bridgehead atoms. The predicted octanol–water partition coefficient (Wildman–Crippen LogP) is 8.27. The Morgan fingerprint density at radius 1 is 0.640 bits per heavy atom. The number of hydrogen-bond acceptors (Lipinski definition) is 0. The summed E-state index contributed by atoms with van der Waals surface area (Å²) in [5.41, 5.74) is 5.37. The fraction of sp³-hybridized carbons (Fsp3) is 0.818. The van der Waals surface area contributed by atoms with Gasteiger partial charge in [0.2, 0.25) is 0 Å². The molecule has 0 fully saturated rings. The zero-order valence-electron chi connectivity index (χ0n) is 19.1. The minimum absolute atomic E-state index is 0.330. The van der Waals surface area contributed by atoms with Crippen LogP contribution in [0.4, 0.5) is 0 Å². The molecular formula is C22H45RhSi2. The molecule has 0 spiro atoms. The van der Waals surface area contributed by atoms with E-state index in [1.807, 2.05) is 4.17 Å². The summed E-state index contributed by atoms with van der Waals surface area (Å²) in [6.07, 6.45) is -2.39. The SMILES string of the molecule is CC[Si](CC)(CC)[Rh]([C]1=C(C)C(C)=C(C)C1(C)C)[Si](CC)(CC)CC. The van der Waals surface area contributed by atoms with Crippen LogP contribution in [0.2, 0.25) is 36.3 Å². The van der Waals surface area contributed by atoms with Crippen molar-refractivity contribution in [2.75, 3.05) is 0 Å². The van der Waals surface area contributed by atoms with E-state index in [-0.39, 0.29) is 0 Å². The number of rotatable bonds is 9. The van der Waals surface area contributed by atoms with Crippen LogP contribution in [0.3, 0.4) is 0 Å². The molecule has 1 rings (SSSR count).